The predicted octanol–water partition coefficient (Wildman–Crippen LogP) is 7.12. The third-order valence-electron chi connectivity index (χ3n) is 4.14. The van der Waals surface area contributed by atoms with Crippen molar-refractivity contribution < 1.29 is 27.2 Å². The Kier molecular flexibility index (Phi) is 6.95. The van der Waals surface area contributed by atoms with Gasteiger partial charge in [-0.1, -0.05) is 29.8 Å². The Morgan fingerprint density at radius 3 is 2.37 bits per heavy atom. The maximum atomic E-state index is 15.2. The van der Waals surface area contributed by atoms with E-state index in [0.29, 0.717) is 21.7 Å². The van der Waals surface area contributed by atoms with Crippen molar-refractivity contribution in [3.63, 3.8) is 0 Å². The van der Waals surface area contributed by atoms with Crippen LogP contribution < -0.4 is 5.32 Å². The number of thiophene rings is 1. The average molecular weight is 474 g/mol. The van der Waals surface area contributed by atoms with Gasteiger partial charge >= 0.3 is 13.3 Å². The van der Waals surface area contributed by atoms with Crippen molar-refractivity contribution in [3.8, 4) is 0 Å². The molecule has 0 unspecified atom stereocenters. The van der Waals surface area contributed by atoms with E-state index in [2.05, 4.69) is 5.32 Å². The molecule has 0 aliphatic heterocycles. The van der Waals surface area contributed by atoms with Crippen LogP contribution in [0.25, 0.3) is 10.1 Å². The zero-order chi connectivity index (χ0) is 21.9. The van der Waals surface area contributed by atoms with Gasteiger partial charge in [0.05, 0.1) is 18.2 Å². The van der Waals surface area contributed by atoms with Gasteiger partial charge in [-0.05, 0) is 44.2 Å². The van der Waals surface area contributed by atoms with Crippen LogP contribution in [-0.2, 0) is 19.3 Å². The summed E-state index contributed by atoms with van der Waals surface area (Å²) < 4.78 is 53.1. The summed E-state index contributed by atoms with van der Waals surface area (Å²) in [6.45, 7) is 2.48. The third kappa shape index (κ3) is 4.29. The molecule has 30 heavy (non-hydrogen) atoms. The number of amides is 1. The normalized spacial score (nSPS) is 12.3. The van der Waals surface area contributed by atoms with Crippen LogP contribution >= 0.6 is 30.5 Å². The van der Waals surface area contributed by atoms with Crippen molar-refractivity contribution in [1.29, 1.82) is 0 Å². The maximum absolute atomic E-state index is 15.2. The highest BCUT2D eigenvalue weighted by molar-refractivity contribution is 7.55. The first-order valence-corrected chi connectivity index (χ1v) is 11.8. The molecule has 5 nitrogen and oxygen atoms in total. The van der Waals surface area contributed by atoms with Gasteiger partial charge in [-0.25, -0.2) is 0 Å². The number of benzene rings is 2. The second kappa shape index (κ2) is 9.12. The Labute approximate surface area is 181 Å². The molecule has 0 bridgehead atoms. The van der Waals surface area contributed by atoms with E-state index in [9.17, 15) is 9.36 Å². The van der Waals surface area contributed by atoms with E-state index in [0.717, 1.165) is 0 Å². The molecule has 0 fully saturated rings. The topological polar surface area (TPSA) is 64.6 Å². The zero-order valence-corrected chi connectivity index (χ0v) is 18.6. The Balaban J connectivity index is 2.00. The Morgan fingerprint density at radius 2 is 1.77 bits per heavy atom. The third-order valence-corrected chi connectivity index (χ3v) is 8.14. The quantitative estimate of drug-likeness (QED) is 0.354. The molecule has 0 saturated carbocycles. The molecule has 2 aromatic carbocycles. The molecule has 3 aromatic rings. The van der Waals surface area contributed by atoms with Gasteiger partial charge in [0.25, 0.3) is 5.91 Å². The van der Waals surface area contributed by atoms with Crippen molar-refractivity contribution in [3.05, 3.63) is 64.0 Å². The summed E-state index contributed by atoms with van der Waals surface area (Å²) in [6.07, 6.45) is 0. The number of fused-ring (bicyclic) bond motifs is 1. The number of hydrogen-bond donors (Lipinski definition) is 1. The fourth-order valence-corrected chi connectivity index (χ4v) is 6.16. The van der Waals surface area contributed by atoms with Crippen LogP contribution in [0, 0.1) is 0 Å². The van der Waals surface area contributed by atoms with Gasteiger partial charge in [0.1, 0.15) is 4.88 Å². The van der Waals surface area contributed by atoms with Crippen LogP contribution in [-0.4, -0.2) is 19.1 Å². The van der Waals surface area contributed by atoms with E-state index in [1.807, 2.05) is 6.07 Å². The first kappa shape index (κ1) is 22.8. The minimum Gasteiger partial charge on any atom is -0.322 e. The van der Waals surface area contributed by atoms with Crippen LogP contribution in [0.15, 0.2) is 48.5 Å². The summed E-state index contributed by atoms with van der Waals surface area (Å²) in [5.74, 6) is -0.409. The molecule has 0 radical (unpaired) electrons. The Morgan fingerprint density at radius 1 is 1.13 bits per heavy atom. The zero-order valence-electron chi connectivity index (χ0n) is 16.2. The molecule has 1 N–H and O–H groups in total. The summed E-state index contributed by atoms with van der Waals surface area (Å²) >= 11 is 6.94. The fraction of sp³-hybridized carbons (Fsp3) is 0.250. The highest BCUT2D eigenvalue weighted by atomic mass is 35.5. The SMILES string of the molecule is CCOP(=O)(OCC)C(F)(F)c1sc2ccc(C(=O)Nc3ccccc3)cc2c1Cl. The number of para-hydroxylation sites is 1. The number of anilines is 1. The molecule has 10 heteroatoms. The average Bonchev–Trinajstić information content (AvgIpc) is 3.06. The number of halogens is 3. The number of alkyl halides is 2. The summed E-state index contributed by atoms with van der Waals surface area (Å²) in [4.78, 5) is 11.9. The molecular formula is C20H19ClF2NO4PS. The lowest BCUT2D eigenvalue weighted by Gasteiger charge is -2.25. The van der Waals surface area contributed by atoms with E-state index in [1.54, 1.807) is 24.3 Å². The number of carbonyl (C=O) groups excluding carboxylic acids is 1. The van der Waals surface area contributed by atoms with Gasteiger partial charge in [-0.15, -0.1) is 11.3 Å². The van der Waals surface area contributed by atoms with Gasteiger partial charge in [0, 0.05) is 21.3 Å². The van der Waals surface area contributed by atoms with Crippen LogP contribution in [0.1, 0.15) is 29.1 Å². The fourth-order valence-electron chi connectivity index (χ4n) is 2.79. The molecule has 0 aliphatic rings. The first-order valence-electron chi connectivity index (χ1n) is 9.09. The molecule has 0 atom stereocenters. The minimum atomic E-state index is -4.79. The lowest BCUT2D eigenvalue weighted by atomic mass is 10.1. The van der Waals surface area contributed by atoms with Crippen LogP contribution in [0.3, 0.4) is 0 Å². The van der Waals surface area contributed by atoms with Gasteiger partial charge in [-0.3, -0.25) is 9.36 Å². The van der Waals surface area contributed by atoms with Crippen molar-refractivity contribution in [2.45, 2.75) is 19.5 Å². The largest absolute Gasteiger partial charge is 0.405 e. The van der Waals surface area contributed by atoms with Gasteiger partial charge in [0.15, 0.2) is 0 Å². The molecule has 160 valence electrons. The summed E-state index contributed by atoms with van der Waals surface area (Å²) in [6, 6.07) is 13.3. The highest BCUT2D eigenvalue weighted by Gasteiger charge is 2.57. The molecule has 0 spiro atoms. The van der Waals surface area contributed by atoms with Gasteiger partial charge < -0.3 is 14.4 Å². The van der Waals surface area contributed by atoms with E-state index in [4.69, 9.17) is 20.6 Å². The molecular weight excluding hydrogens is 455 g/mol. The number of carbonyl (C=O) groups is 1. The molecule has 1 amide bonds. The molecule has 1 heterocycles. The summed E-state index contributed by atoms with van der Waals surface area (Å²) in [7, 11) is -4.79. The standard InChI is InChI=1S/C20H19ClF2NO4PS/c1-3-27-29(26,28-4-2)20(22,23)18-17(21)15-12-13(10-11-16(15)30-18)19(25)24-14-8-6-5-7-9-14/h5-12H,3-4H2,1-2H3,(H,24,25). The number of hydrogen-bond acceptors (Lipinski definition) is 5. The van der Waals surface area contributed by atoms with Crippen molar-refractivity contribution >= 4 is 52.2 Å². The molecule has 3 rings (SSSR count). The highest BCUT2D eigenvalue weighted by Crippen LogP contribution is 2.69. The molecule has 0 aliphatic carbocycles. The van der Waals surface area contributed by atoms with Crippen LogP contribution in [0.2, 0.25) is 5.02 Å². The van der Waals surface area contributed by atoms with Crippen molar-refractivity contribution in [2.75, 3.05) is 18.5 Å². The maximum Gasteiger partial charge on any atom is 0.405 e. The second-order valence-corrected chi connectivity index (χ2v) is 9.65. The lowest BCUT2D eigenvalue weighted by molar-refractivity contribution is 0.0393. The van der Waals surface area contributed by atoms with E-state index >= 15 is 8.78 Å². The van der Waals surface area contributed by atoms with E-state index in [1.165, 1.54) is 32.0 Å². The number of nitrogens with one attached hydrogen (secondary N) is 1. The van der Waals surface area contributed by atoms with Crippen molar-refractivity contribution in [1.82, 2.24) is 0 Å². The van der Waals surface area contributed by atoms with Gasteiger partial charge in [-0.2, -0.15) is 8.78 Å². The van der Waals surface area contributed by atoms with Crippen LogP contribution in [0.5, 0.6) is 0 Å². The summed E-state index contributed by atoms with van der Waals surface area (Å²) in [5.41, 5.74) is -3.09. The smallest absolute Gasteiger partial charge is 0.322 e. The monoisotopic (exact) mass is 473 g/mol. The minimum absolute atomic E-state index is 0.209. The lowest BCUT2D eigenvalue weighted by Crippen LogP contribution is -2.17. The van der Waals surface area contributed by atoms with E-state index in [-0.39, 0.29) is 29.2 Å². The first-order chi connectivity index (χ1) is 14.2. The van der Waals surface area contributed by atoms with Crippen LogP contribution in [0.4, 0.5) is 14.5 Å². The van der Waals surface area contributed by atoms with Gasteiger partial charge in [0.2, 0.25) is 0 Å². The molecule has 1 aromatic heterocycles. The van der Waals surface area contributed by atoms with E-state index < -0.39 is 24.0 Å². The summed E-state index contributed by atoms with van der Waals surface area (Å²) in [5, 5.41) is 2.70. The van der Waals surface area contributed by atoms with Crippen molar-refractivity contribution in [2.24, 2.45) is 0 Å². The second-order valence-electron chi connectivity index (χ2n) is 6.15. The molecule has 0 saturated heterocycles. The Bertz CT molecular complexity index is 1100. The Hall–Kier alpha value is -1.83. The predicted molar refractivity (Wildman–Crippen MR) is 116 cm³/mol. The number of rotatable bonds is 8.